The zero-order valence-corrected chi connectivity index (χ0v) is 14.2. The molecule has 2 heterocycles. The number of nitrogens with zero attached hydrogens (tertiary/aromatic N) is 3. The van der Waals surface area contributed by atoms with Crippen LogP contribution in [0.15, 0.2) is 42.4 Å². The molecule has 1 fully saturated rings. The molecule has 0 radical (unpaired) electrons. The molecule has 0 atom stereocenters. The van der Waals surface area contributed by atoms with E-state index in [1.54, 1.807) is 11.3 Å². The van der Waals surface area contributed by atoms with Crippen molar-refractivity contribution in [2.75, 3.05) is 0 Å². The van der Waals surface area contributed by atoms with Crippen molar-refractivity contribution in [2.24, 2.45) is 5.92 Å². The molecule has 4 rings (SSSR count). The van der Waals surface area contributed by atoms with Gasteiger partial charge in [-0.05, 0) is 42.9 Å². The lowest BCUT2D eigenvalue weighted by Gasteiger charge is -2.36. The fourth-order valence-corrected chi connectivity index (χ4v) is 4.05. The quantitative estimate of drug-likeness (QED) is 0.750. The summed E-state index contributed by atoms with van der Waals surface area (Å²) < 4.78 is 3.30. The van der Waals surface area contributed by atoms with Crippen molar-refractivity contribution in [3.05, 3.63) is 48.0 Å². The SMILES string of the molecule is O=C(CCc1ccc2ncsc2c1)NC1CC(Cn2ccnc2)C1. The highest BCUT2D eigenvalue weighted by atomic mass is 32.1. The van der Waals surface area contributed by atoms with Gasteiger partial charge in [0.05, 0.1) is 22.1 Å². The Bertz CT molecular complexity index is 821. The van der Waals surface area contributed by atoms with E-state index in [0.29, 0.717) is 18.4 Å². The van der Waals surface area contributed by atoms with Gasteiger partial charge in [0.1, 0.15) is 0 Å². The maximum Gasteiger partial charge on any atom is 0.220 e. The largest absolute Gasteiger partial charge is 0.353 e. The predicted octanol–water partition coefficient (Wildman–Crippen LogP) is 3.02. The summed E-state index contributed by atoms with van der Waals surface area (Å²) in [4.78, 5) is 20.5. The monoisotopic (exact) mass is 340 g/mol. The van der Waals surface area contributed by atoms with E-state index in [2.05, 4.69) is 32.0 Å². The van der Waals surface area contributed by atoms with Crippen LogP contribution < -0.4 is 5.32 Å². The standard InChI is InChI=1S/C18H20N4OS/c23-18(4-2-13-1-3-16-17(9-13)24-12-20-16)21-15-7-14(8-15)10-22-6-5-19-11-22/h1,3,5-6,9,11-12,14-15H,2,4,7-8,10H2,(H,21,23). The Kier molecular flexibility index (Phi) is 4.30. The number of benzene rings is 1. The van der Waals surface area contributed by atoms with Crippen LogP contribution in [0, 0.1) is 5.92 Å². The summed E-state index contributed by atoms with van der Waals surface area (Å²) in [5.74, 6) is 0.809. The van der Waals surface area contributed by atoms with Gasteiger partial charge in [0.15, 0.2) is 0 Å². The third kappa shape index (κ3) is 3.48. The first kappa shape index (κ1) is 15.3. The molecule has 5 nitrogen and oxygen atoms in total. The van der Waals surface area contributed by atoms with E-state index < -0.39 is 0 Å². The van der Waals surface area contributed by atoms with Crippen LogP contribution in [0.4, 0.5) is 0 Å². The second-order valence-electron chi connectivity index (χ2n) is 6.52. The first-order valence-electron chi connectivity index (χ1n) is 8.33. The van der Waals surface area contributed by atoms with Crippen molar-refractivity contribution >= 4 is 27.5 Å². The number of aryl methyl sites for hydroxylation is 1. The van der Waals surface area contributed by atoms with Gasteiger partial charge in [0, 0.05) is 31.4 Å². The van der Waals surface area contributed by atoms with Gasteiger partial charge < -0.3 is 9.88 Å². The topological polar surface area (TPSA) is 59.8 Å². The number of aromatic nitrogens is 3. The molecule has 0 unspecified atom stereocenters. The van der Waals surface area contributed by atoms with Gasteiger partial charge in [-0.15, -0.1) is 11.3 Å². The Morgan fingerprint density at radius 3 is 3.12 bits per heavy atom. The fourth-order valence-electron chi connectivity index (χ4n) is 3.31. The minimum absolute atomic E-state index is 0.158. The number of hydrogen-bond donors (Lipinski definition) is 1. The number of rotatable bonds is 6. The van der Waals surface area contributed by atoms with Crippen molar-refractivity contribution in [1.82, 2.24) is 19.9 Å². The van der Waals surface area contributed by atoms with Crippen LogP contribution in [0.2, 0.25) is 0 Å². The van der Waals surface area contributed by atoms with Crippen LogP contribution >= 0.6 is 11.3 Å². The highest BCUT2D eigenvalue weighted by molar-refractivity contribution is 7.16. The van der Waals surface area contributed by atoms with Crippen LogP contribution in [0.25, 0.3) is 10.2 Å². The molecule has 1 saturated carbocycles. The summed E-state index contributed by atoms with van der Waals surface area (Å²) in [6.45, 7) is 1.00. The van der Waals surface area contributed by atoms with Gasteiger partial charge in [-0.2, -0.15) is 0 Å². The van der Waals surface area contributed by atoms with E-state index in [0.717, 1.165) is 31.3 Å². The number of fused-ring (bicyclic) bond motifs is 1. The lowest BCUT2D eigenvalue weighted by molar-refractivity contribution is -0.122. The zero-order valence-electron chi connectivity index (χ0n) is 13.4. The first-order chi connectivity index (χ1) is 11.8. The van der Waals surface area contributed by atoms with Gasteiger partial charge in [0.2, 0.25) is 5.91 Å². The molecule has 1 aliphatic carbocycles. The average molecular weight is 340 g/mol. The van der Waals surface area contributed by atoms with E-state index in [9.17, 15) is 4.79 Å². The fraction of sp³-hybridized carbons (Fsp3) is 0.389. The molecule has 0 spiro atoms. The number of imidazole rings is 1. The third-order valence-electron chi connectivity index (χ3n) is 4.67. The summed E-state index contributed by atoms with van der Waals surface area (Å²) in [7, 11) is 0. The van der Waals surface area contributed by atoms with Crippen LogP contribution in [-0.4, -0.2) is 26.5 Å². The first-order valence-corrected chi connectivity index (χ1v) is 9.21. The summed E-state index contributed by atoms with van der Waals surface area (Å²) in [6, 6.07) is 6.59. The third-order valence-corrected chi connectivity index (χ3v) is 5.46. The van der Waals surface area contributed by atoms with E-state index in [1.165, 1.54) is 10.3 Å². The highest BCUT2D eigenvalue weighted by Gasteiger charge is 2.30. The highest BCUT2D eigenvalue weighted by Crippen LogP contribution is 2.29. The normalized spacial score (nSPS) is 20.0. The Balaban J connectivity index is 1.20. The maximum atomic E-state index is 12.1. The van der Waals surface area contributed by atoms with Crippen molar-refractivity contribution in [2.45, 2.75) is 38.3 Å². The van der Waals surface area contributed by atoms with E-state index in [4.69, 9.17) is 0 Å². The van der Waals surface area contributed by atoms with Gasteiger partial charge in [-0.3, -0.25) is 4.79 Å². The number of hydrogen-bond acceptors (Lipinski definition) is 4. The van der Waals surface area contributed by atoms with Crippen LogP contribution in [0.5, 0.6) is 0 Å². The minimum atomic E-state index is 0.158. The van der Waals surface area contributed by atoms with E-state index in [1.807, 2.05) is 30.3 Å². The van der Waals surface area contributed by atoms with Crippen molar-refractivity contribution in [3.63, 3.8) is 0 Å². The Hall–Kier alpha value is -2.21. The molecule has 124 valence electrons. The van der Waals surface area contributed by atoms with Crippen molar-refractivity contribution in [3.8, 4) is 0 Å². The Morgan fingerprint density at radius 1 is 1.38 bits per heavy atom. The second kappa shape index (κ2) is 6.73. The number of thiazole rings is 1. The summed E-state index contributed by atoms with van der Waals surface area (Å²) >= 11 is 1.64. The average Bonchev–Trinajstić information content (AvgIpc) is 3.21. The molecule has 24 heavy (non-hydrogen) atoms. The predicted molar refractivity (Wildman–Crippen MR) is 94.8 cm³/mol. The van der Waals surface area contributed by atoms with Crippen LogP contribution in [0.1, 0.15) is 24.8 Å². The number of amides is 1. The summed E-state index contributed by atoms with van der Waals surface area (Å²) in [5, 5.41) is 3.15. The lowest BCUT2D eigenvalue weighted by Crippen LogP contribution is -2.45. The molecular weight excluding hydrogens is 320 g/mol. The van der Waals surface area contributed by atoms with E-state index >= 15 is 0 Å². The van der Waals surface area contributed by atoms with Crippen LogP contribution in [-0.2, 0) is 17.8 Å². The second-order valence-corrected chi connectivity index (χ2v) is 7.40. The number of nitrogens with one attached hydrogen (secondary N) is 1. The number of carbonyl (C=O) groups excluding carboxylic acids is 1. The molecule has 1 N–H and O–H groups in total. The Morgan fingerprint density at radius 2 is 2.29 bits per heavy atom. The molecule has 6 heteroatoms. The summed E-state index contributed by atoms with van der Waals surface area (Å²) in [6.07, 6.45) is 9.12. The smallest absolute Gasteiger partial charge is 0.220 e. The molecule has 3 aromatic rings. The maximum absolute atomic E-state index is 12.1. The molecule has 0 aliphatic heterocycles. The van der Waals surface area contributed by atoms with Crippen LogP contribution in [0.3, 0.4) is 0 Å². The van der Waals surface area contributed by atoms with Gasteiger partial charge in [-0.1, -0.05) is 6.07 Å². The molecule has 1 aliphatic rings. The van der Waals surface area contributed by atoms with Gasteiger partial charge >= 0.3 is 0 Å². The molecule has 0 saturated heterocycles. The van der Waals surface area contributed by atoms with E-state index in [-0.39, 0.29) is 5.91 Å². The molecule has 1 amide bonds. The number of carbonyl (C=O) groups is 1. The molecule has 0 bridgehead atoms. The molecular formula is C18H20N4OS. The van der Waals surface area contributed by atoms with Gasteiger partial charge in [0.25, 0.3) is 0 Å². The van der Waals surface area contributed by atoms with Crippen molar-refractivity contribution < 1.29 is 4.79 Å². The minimum Gasteiger partial charge on any atom is -0.353 e. The molecule has 2 aromatic heterocycles. The molecule has 1 aromatic carbocycles. The van der Waals surface area contributed by atoms with Crippen molar-refractivity contribution in [1.29, 1.82) is 0 Å². The zero-order chi connectivity index (χ0) is 16.4. The Labute approximate surface area is 144 Å². The van der Waals surface area contributed by atoms with Gasteiger partial charge in [-0.25, -0.2) is 9.97 Å². The summed E-state index contributed by atoms with van der Waals surface area (Å²) in [5.41, 5.74) is 4.10. The lowest BCUT2D eigenvalue weighted by atomic mass is 9.80.